The summed E-state index contributed by atoms with van der Waals surface area (Å²) in [4.78, 5) is 0. The van der Waals surface area contributed by atoms with E-state index in [0.29, 0.717) is 11.3 Å². The zero-order valence-corrected chi connectivity index (χ0v) is 9.19. The molecule has 1 nitrogen and oxygen atoms in total. The summed E-state index contributed by atoms with van der Waals surface area (Å²) < 4.78 is 18.8. The van der Waals surface area contributed by atoms with Gasteiger partial charge in [-0.05, 0) is 24.3 Å². The molecule has 0 bridgehead atoms. The van der Waals surface area contributed by atoms with E-state index in [4.69, 9.17) is 11.2 Å². The van der Waals surface area contributed by atoms with Crippen molar-refractivity contribution in [1.29, 1.82) is 0 Å². The maximum atomic E-state index is 13.3. The highest BCUT2D eigenvalue weighted by Crippen LogP contribution is 2.15. The Kier molecular flexibility index (Phi) is 3.42. The van der Waals surface area contributed by atoms with E-state index in [9.17, 15) is 4.39 Å². The van der Waals surface area contributed by atoms with Crippen LogP contribution in [0.4, 0.5) is 4.39 Å². The van der Waals surface area contributed by atoms with Gasteiger partial charge < -0.3 is 4.74 Å². The Morgan fingerprint density at radius 2 is 1.94 bits per heavy atom. The van der Waals surface area contributed by atoms with Crippen molar-refractivity contribution in [3.05, 3.63) is 65.5 Å². The molecular weight excluding hydrogens is 215 g/mol. The van der Waals surface area contributed by atoms with Crippen LogP contribution >= 0.6 is 0 Å². The molecule has 2 aromatic carbocycles. The molecule has 17 heavy (non-hydrogen) atoms. The largest absolute Gasteiger partial charge is 0.489 e. The van der Waals surface area contributed by atoms with Gasteiger partial charge in [0, 0.05) is 11.1 Å². The van der Waals surface area contributed by atoms with Crippen LogP contribution in [0.2, 0.25) is 0 Å². The van der Waals surface area contributed by atoms with Crippen molar-refractivity contribution in [2.75, 3.05) is 0 Å². The summed E-state index contributed by atoms with van der Waals surface area (Å²) in [6.07, 6.45) is 5.28. The zero-order chi connectivity index (χ0) is 12.1. The molecule has 84 valence electrons. The van der Waals surface area contributed by atoms with Gasteiger partial charge in [0.15, 0.2) is 0 Å². The van der Waals surface area contributed by atoms with Crippen molar-refractivity contribution >= 4 is 0 Å². The van der Waals surface area contributed by atoms with E-state index in [2.05, 4.69) is 5.92 Å². The van der Waals surface area contributed by atoms with Gasteiger partial charge in [0.2, 0.25) is 0 Å². The van der Waals surface area contributed by atoms with Crippen LogP contribution in [0.25, 0.3) is 0 Å². The lowest BCUT2D eigenvalue weighted by Crippen LogP contribution is -1.98. The molecule has 0 aliphatic carbocycles. The van der Waals surface area contributed by atoms with Crippen molar-refractivity contribution in [1.82, 2.24) is 0 Å². The minimum Gasteiger partial charge on any atom is -0.489 e. The highest BCUT2D eigenvalue weighted by Gasteiger charge is 2.01. The Morgan fingerprint density at radius 1 is 1.12 bits per heavy atom. The Hall–Kier alpha value is -2.27. The molecule has 2 rings (SSSR count). The summed E-state index contributed by atoms with van der Waals surface area (Å²) in [7, 11) is 0. The Morgan fingerprint density at radius 3 is 2.71 bits per heavy atom. The standard InChI is InChI=1S/C15H11FO/c1-2-12-6-5-8-14(10-12)17-11-13-7-3-4-9-15(13)16/h1,3-10H,11H2. The number of halogens is 1. The van der Waals surface area contributed by atoms with E-state index in [-0.39, 0.29) is 12.4 Å². The Labute approximate surface area is 99.9 Å². The van der Waals surface area contributed by atoms with E-state index < -0.39 is 0 Å². The third kappa shape index (κ3) is 2.85. The summed E-state index contributed by atoms with van der Waals surface area (Å²) in [5, 5.41) is 0. The number of ether oxygens (including phenoxy) is 1. The first-order valence-electron chi connectivity index (χ1n) is 5.22. The van der Waals surface area contributed by atoms with Gasteiger partial charge in [-0.25, -0.2) is 4.39 Å². The molecule has 0 radical (unpaired) electrons. The molecule has 0 atom stereocenters. The number of benzene rings is 2. The molecule has 0 heterocycles. The van der Waals surface area contributed by atoms with Gasteiger partial charge in [-0.1, -0.05) is 30.2 Å². The van der Waals surface area contributed by atoms with Crippen LogP contribution in [-0.4, -0.2) is 0 Å². The smallest absolute Gasteiger partial charge is 0.129 e. The fourth-order valence-corrected chi connectivity index (χ4v) is 1.45. The van der Waals surface area contributed by atoms with Crippen LogP contribution in [-0.2, 0) is 6.61 Å². The second kappa shape index (κ2) is 5.18. The zero-order valence-electron chi connectivity index (χ0n) is 9.19. The van der Waals surface area contributed by atoms with Crippen LogP contribution in [0.1, 0.15) is 11.1 Å². The molecule has 0 aliphatic heterocycles. The van der Waals surface area contributed by atoms with Crippen LogP contribution in [0.15, 0.2) is 48.5 Å². The third-order valence-corrected chi connectivity index (χ3v) is 2.35. The second-order valence-corrected chi connectivity index (χ2v) is 3.55. The highest BCUT2D eigenvalue weighted by molar-refractivity contribution is 5.38. The van der Waals surface area contributed by atoms with Gasteiger partial charge in [-0.3, -0.25) is 0 Å². The van der Waals surface area contributed by atoms with E-state index in [1.165, 1.54) is 6.07 Å². The van der Waals surface area contributed by atoms with Crippen molar-refractivity contribution in [2.24, 2.45) is 0 Å². The van der Waals surface area contributed by atoms with Gasteiger partial charge in [0.25, 0.3) is 0 Å². The molecule has 0 fully saturated rings. The first kappa shape index (κ1) is 11.2. The summed E-state index contributed by atoms with van der Waals surface area (Å²) in [5.74, 6) is 2.90. The van der Waals surface area contributed by atoms with Crippen molar-refractivity contribution < 1.29 is 9.13 Å². The van der Waals surface area contributed by atoms with Gasteiger partial charge in [0.1, 0.15) is 18.2 Å². The van der Waals surface area contributed by atoms with Gasteiger partial charge in [-0.2, -0.15) is 0 Å². The fraction of sp³-hybridized carbons (Fsp3) is 0.0667. The molecule has 2 heteroatoms. The van der Waals surface area contributed by atoms with E-state index in [1.54, 1.807) is 30.3 Å². The predicted molar refractivity (Wildman–Crippen MR) is 65.1 cm³/mol. The van der Waals surface area contributed by atoms with Crippen molar-refractivity contribution in [3.8, 4) is 18.1 Å². The quantitative estimate of drug-likeness (QED) is 0.729. The minimum absolute atomic E-state index is 0.195. The number of rotatable bonds is 3. The molecule has 0 aromatic heterocycles. The number of hydrogen-bond acceptors (Lipinski definition) is 1. The van der Waals surface area contributed by atoms with Gasteiger partial charge in [-0.15, -0.1) is 6.42 Å². The average molecular weight is 226 g/mol. The lowest BCUT2D eigenvalue weighted by molar-refractivity contribution is 0.300. The Bertz CT molecular complexity index is 555. The summed E-state index contributed by atoms with van der Waals surface area (Å²) in [6, 6.07) is 13.7. The van der Waals surface area contributed by atoms with E-state index in [1.807, 2.05) is 12.1 Å². The lowest BCUT2D eigenvalue weighted by atomic mass is 10.2. The molecular formula is C15H11FO. The maximum absolute atomic E-state index is 13.3. The van der Waals surface area contributed by atoms with Crippen LogP contribution in [0, 0.1) is 18.2 Å². The van der Waals surface area contributed by atoms with Crippen LogP contribution < -0.4 is 4.74 Å². The van der Waals surface area contributed by atoms with E-state index in [0.717, 1.165) is 5.56 Å². The third-order valence-electron chi connectivity index (χ3n) is 2.35. The Balaban J connectivity index is 2.08. The second-order valence-electron chi connectivity index (χ2n) is 3.55. The van der Waals surface area contributed by atoms with Gasteiger partial charge >= 0.3 is 0 Å². The highest BCUT2D eigenvalue weighted by atomic mass is 19.1. The first-order chi connectivity index (χ1) is 8.29. The SMILES string of the molecule is C#Cc1cccc(OCc2ccccc2F)c1. The average Bonchev–Trinajstić information content (AvgIpc) is 2.38. The van der Waals surface area contributed by atoms with Gasteiger partial charge in [0.05, 0.1) is 0 Å². The first-order valence-corrected chi connectivity index (χ1v) is 5.22. The topological polar surface area (TPSA) is 9.23 Å². The summed E-state index contributed by atoms with van der Waals surface area (Å²) in [6.45, 7) is 0.195. The number of terminal acetylenes is 1. The van der Waals surface area contributed by atoms with Crippen molar-refractivity contribution in [2.45, 2.75) is 6.61 Å². The fourth-order valence-electron chi connectivity index (χ4n) is 1.45. The molecule has 0 spiro atoms. The molecule has 2 aromatic rings. The molecule has 0 aliphatic rings. The maximum Gasteiger partial charge on any atom is 0.129 e. The summed E-state index contributed by atoms with van der Waals surface area (Å²) in [5.41, 5.74) is 1.27. The molecule has 0 N–H and O–H groups in total. The van der Waals surface area contributed by atoms with Crippen LogP contribution in [0.3, 0.4) is 0 Å². The summed E-state index contributed by atoms with van der Waals surface area (Å²) >= 11 is 0. The van der Waals surface area contributed by atoms with E-state index >= 15 is 0 Å². The minimum atomic E-state index is -0.263. The normalized spacial score (nSPS) is 9.65. The molecule has 0 saturated carbocycles. The van der Waals surface area contributed by atoms with Crippen molar-refractivity contribution in [3.63, 3.8) is 0 Å². The monoisotopic (exact) mass is 226 g/mol. The predicted octanol–water partition coefficient (Wildman–Crippen LogP) is 3.39. The molecule has 0 unspecified atom stereocenters. The molecule has 0 amide bonds. The molecule has 0 saturated heterocycles. The van der Waals surface area contributed by atoms with Crippen LogP contribution in [0.5, 0.6) is 5.75 Å². The number of hydrogen-bond donors (Lipinski definition) is 0. The lowest BCUT2D eigenvalue weighted by Gasteiger charge is -2.07.